The smallest absolute Gasteiger partial charge is 0.248 e. The second-order valence-electron chi connectivity index (χ2n) is 10.5. The van der Waals surface area contributed by atoms with E-state index in [1.165, 1.54) is 0 Å². The first-order chi connectivity index (χ1) is 15.9. The average molecular weight is 485 g/mol. The summed E-state index contributed by atoms with van der Waals surface area (Å²) in [4.78, 5) is 19.6. The third-order valence-corrected chi connectivity index (χ3v) is 10.7. The summed E-state index contributed by atoms with van der Waals surface area (Å²) in [5, 5.41) is -0.227. The molecule has 3 aliphatic heterocycles. The molecule has 1 saturated carbocycles. The van der Waals surface area contributed by atoms with Crippen molar-refractivity contribution in [2.75, 3.05) is 66.1 Å². The van der Waals surface area contributed by atoms with Gasteiger partial charge in [-0.3, -0.25) is 9.69 Å². The van der Waals surface area contributed by atoms with Crippen LogP contribution in [0, 0.1) is 0 Å². The van der Waals surface area contributed by atoms with Crippen LogP contribution in [0.25, 0.3) is 0 Å². The van der Waals surface area contributed by atoms with Gasteiger partial charge in [-0.05, 0) is 45.6 Å². The van der Waals surface area contributed by atoms with E-state index >= 15 is 0 Å². The molecular formula is C24H44N4O4S. The molecule has 4 aliphatic rings. The van der Waals surface area contributed by atoms with Gasteiger partial charge in [-0.25, -0.2) is 8.42 Å². The first kappa shape index (κ1) is 25.4. The lowest BCUT2D eigenvalue weighted by Crippen LogP contribution is -2.53. The molecule has 1 unspecified atom stereocenters. The minimum atomic E-state index is -3.28. The maximum atomic E-state index is 13.3. The van der Waals surface area contributed by atoms with Crippen LogP contribution in [0.2, 0.25) is 0 Å². The van der Waals surface area contributed by atoms with Gasteiger partial charge in [0.15, 0.2) is 0 Å². The van der Waals surface area contributed by atoms with Gasteiger partial charge in [-0.15, -0.1) is 0 Å². The molecule has 1 atom stereocenters. The molecular weight excluding hydrogens is 440 g/mol. The van der Waals surface area contributed by atoms with Gasteiger partial charge >= 0.3 is 0 Å². The number of piperidine rings is 2. The van der Waals surface area contributed by atoms with Gasteiger partial charge in [-0.1, -0.05) is 25.7 Å². The van der Waals surface area contributed by atoms with Gasteiger partial charge in [0.1, 0.15) is 6.61 Å². The standard InChI is InChI=1S/C24H44N4O4S/c1-25-15-17-26(18-16-25)21-10-13-27(14-11-21)24(29)20-32-19-22-7-5-6-12-28(22)33(30,31)23-8-3-2-4-9-23/h21-23H,2-20H2,1H3. The van der Waals surface area contributed by atoms with Crippen LogP contribution in [0.1, 0.15) is 64.2 Å². The summed E-state index contributed by atoms with van der Waals surface area (Å²) in [6.07, 6.45) is 9.59. The largest absolute Gasteiger partial charge is 0.370 e. The Kier molecular flexibility index (Phi) is 9.06. The molecule has 9 heteroatoms. The zero-order valence-corrected chi connectivity index (χ0v) is 21.3. The van der Waals surface area contributed by atoms with E-state index in [9.17, 15) is 13.2 Å². The van der Waals surface area contributed by atoms with E-state index in [0.29, 0.717) is 19.2 Å². The molecule has 3 saturated heterocycles. The third-order valence-electron chi connectivity index (χ3n) is 8.28. The Morgan fingerprint density at radius 3 is 2.18 bits per heavy atom. The fourth-order valence-electron chi connectivity index (χ4n) is 6.07. The van der Waals surface area contributed by atoms with Crippen molar-refractivity contribution in [3.63, 3.8) is 0 Å². The molecule has 1 amide bonds. The highest BCUT2D eigenvalue weighted by Crippen LogP contribution is 2.30. The van der Waals surface area contributed by atoms with E-state index in [2.05, 4.69) is 16.8 Å². The number of piperazine rings is 1. The molecule has 8 nitrogen and oxygen atoms in total. The van der Waals surface area contributed by atoms with E-state index in [-0.39, 0.29) is 23.8 Å². The number of hydrogen-bond donors (Lipinski definition) is 0. The topological polar surface area (TPSA) is 73.4 Å². The van der Waals surface area contributed by atoms with Crippen molar-refractivity contribution >= 4 is 15.9 Å². The summed E-state index contributed by atoms with van der Waals surface area (Å²) in [6, 6.07) is 0.464. The van der Waals surface area contributed by atoms with Crippen molar-refractivity contribution < 1.29 is 17.9 Å². The zero-order valence-electron chi connectivity index (χ0n) is 20.5. The number of nitrogens with zero attached hydrogens (tertiary/aromatic N) is 4. The van der Waals surface area contributed by atoms with Gasteiger partial charge in [0.2, 0.25) is 15.9 Å². The zero-order chi connectivity index (χ0) is 23.3. The van der Waals surface area contributed by atoms with Crippen molar-refractivity contribution in [3.8, 4) is 0 Å². The lowest BCUT2D eigenvalue weighted by atomic mass is 10.0. The van der Waals surface area contributed by atoms with Gasteiger partial charge in [-0.2, -0.15) is 4.31 Å². The monoisotopic (exact) mass is 484 g/mol. The first-order valence-corrected chi connectivity index (χ1v) is 14.7. The number of likely N-dealkylation sites (tertiary alicyclic amines) is 1. The second-order valence-corrected chi connectivity index (χ2v) is 12.7. The van der Waals surface area contributed by atoms with Crippen LogP contribution in [-0.4, -0.2) is 117 Å². The van der Waals surface area contributed by atoms with E-state index < -0.39 is 10.0 Å². The molecule has 0 aromatic heterocycles. The molecule has 0 bridgehead atoms. The highest BCUT2D eigenvalue weighted by Gasteiger charge is 2.38. The molecule has 33 heavy (non-hydrogen) atoms. The van der Waals surface area contributed by atoms with Crippen LogP contribution in [0.5, 0.6) is 0 Å². The molecule has 0 radical (unpaired) electrons. The first-order valence-electron chi connectivity index (χ1n) is 13.2. The summed E-state index contributed by atoms with van der Waals surface area (Å²) in [5.74, 6) is 0.0457. The molecule has 0 spiro atoms. The van der Waals surface area contributed by atoms with Crippen molar-refractivity contribution in [3.05, 3.63) is 0 Å². The van der Waals surface area contributed by atoms with Crippen LogP contribution in [-0.2, 0) is 19.6 Å². The number of carbonyl (C=O) groups is 1. The fourth-order valence-corrected chi connectivity index (χ4v) is 8.35. The number of carbonyl (C=O) groups excluding carboxylic acids is 1. The van der Waals surface area contributed by atoms with Gasteiger partial charge in [0, 0.05) is 57.9 Å². The average Bonchev–Trinajstić information content (AvgIpc) is 2.85. The van der Waals surface area contributed by atoms with Crippen molar-refractivity contribution in [2.24, 2.45) is 0 Å². The van der Waals surface area contributed by atoms with Gasteiger partial charge < -0.3 is 14.5 Å². The third kappa shape index (κ3) is 6.48. The minimum absolute atomic E-state index is 0.0457. The molecule has 0 aromatic carbocycles. The minimum Gasteiger partial charge on any atom is -0.370 e. The van der Waals surface area contributed by atoms with Crippen LogP contribution in [0.3, 0.4) is 0 Å². The lowest BCUT2D eigenvalue weighted by molar-refractivity contribution is -0.138. The fraction of sp³-hybridized carbons (Fsp3) is 0.958. The summed E-state index contributed by atoms with van der Waals surface area (Å²) in [7, 11) is -1.10. The number of rotatable bonds is 7. The number of hydrogen-bond acceptors (Lipinski definition) is 6. The van der Waals surface area contributed by atoms with E-state index in [0.717, 1.165) is 103 Å². The number of sulfonamides is 1. The van der Waals surface area contributed by atoms with E-state index in [4.69, 9.17) is 4.74 Å². The van der Waals surface area contributed by atoms with Gasteiger partial charge in [0.25, 0.3) is 0 Å². The lowest BCUT2D eigenvalue weighted by Gasteiger charge is -2.42. The summed E-state index contributed by atoms with van der Waals surface area (Å²) in [6.45, 7) is 7.09. The normalized spacial score (nSPS) is 28.3. The maximum absolute atomic E-state index is 13.3. The molecule has 0 aromatic rings. The number of amides is 1. The van der Waals surface area contributed by atoms with E-state index in [1.807, 2.05) is 4.90 Å². The Labute approximate surface area is 200 Å². The summed E-state index contributed by atoms with van der Waals surface area (Å²) < 4.78 is 34.1. The Bertz CT molecular complexity index is 727. The molecule has 0 N–H and O–H groups in total. The number of ether oxygens (including phenoxy) is 1. The summed E-state index contributed by atoms with van der Waals surface area (Å²) >= 11 is 0. The van der Waals surface area contributed by atoms with E-state index in [1.54, 1.807) is 4.31 Å². The molecule has 190 valence electrons. The second kappa shape index (κ2) is 11.8. The van der Waals surface area contributed by atoms with Crippen LogP contribution < -0.4 is 0 Å². The SMILES string of the molecule is CN1CCN(C2CCN(C(=O)COCC3CCCCN3S(=O)(=O)C3CCCCC3)CC2)CC1. The van der Waals surface area contributed by atoms with Crippen LogP contribution in [0.15, 0.2) is 0 Å². The Hall–Kier alpha value is -0.740. The maximum Gasteiger partial charge on any atom is 0.248 e. The van der Waals surface area contributed by atoms with Crippen molar-refractivity contribution in [2.45, 2.75) is 81.5 Å². The molecule has 3 heterocycles. The predicted molar refractivity (Wildman–Crippen MR) is 130 cm³/mol. The summed E-state index contributed by atoms with van der Waals surface area (Å²) in [5.41, 5.74) is 0. The Balaban J connectivity index is 1.21. The molecule has 4 rings (SSSR count). The van der Waals surface area contributed by atoms with Crippen molar-refractivity contribution in [1.29, 1.82) is 0 Å². The Morgan fingerprint density at radius 2 is 1.48 bits per heavy atom. The van der Waals surface area contributed by atoms with Crippen LogP contribution >= 0.6 is 0 Å². The Morgan fingerprint density at radius 1 is 0.818 bits per heavy atom. The van der Waals surface area contributed by atoms with Crippen molar-refractivity contribution in [1.82, 2.24) is 19.0 Å². The number of likely N-dealkylation sites (N-methyl/N-ethyl adjacent to an activating group) is 1. The highest BCUT2D eigenvalue weighted by molar-refractivity contribution is 7.89. The van der Waals surface area contributed by atoms with Crippen LogP contribution in [0.4, 0.5) is 0 Å². The molecule has 1 aliphatic carbocycles. The predicted octanol–water partition coefficient (Wildman–Crippen LogP) is 1.76. The highest BCUT2D eigenvalue weighted by atomic mass is 32.2. The van der Waals surface area contributed by atoms with Gasteiger partial charge in [0.05, 0.1) is 11.9 Å². The molecule has 4 fully saturated rings. The quantitative estimate of drug-likeness (QED) is 0.548.